The molecule has 1 aromatic rings. The van der Waals surface area contributed by atoms with Crippen LogP contribution in [-0.2, 0) is 16.6 Å². The highest BCUT2D eigenvalue weighted by molar-refractivity contribution is 7.89. The van der Waals surface area contributed by atoms with Crippen molar-refractivity contribution >= 4 is 10.0 Å². The first-order valence-corrected chi connectivity index (χ1v) is 7.36. The van der Waals surface area contributed by atoms with E-state index in [4.69, 9.17) is 9.88 Å². The largest absolute Gasteiger partial charge is 0.493 e. The highest BCUT2D eigenvalue weighted by Crippen LogP contribution is 2.29. The quantitative estimate of drug-likeness (QED) is 0.689. The number of hydrogen-bond donors (Lipinski definition) is 2. The van der Waals surface area contributed by atoms with Gasteiger partial charge < -0.3 is 14.8 Å². The van der Waals surface area contributed by atoms with Crippen molar-refractivity contribution in [2.45, 2.75) is 13.2 Å². The molecule has 0 saturated heterocycles. The van der Waals surface area contributed by atoms with Crippen LogP contribution < -0.4 is 19.9 Å². The van der Waals surface area contributed by atoms with Crippen molar-refractivity contribution in [1.29, 1.82) is 0 Å². The summed E-state index contributed by atoms with van der Waals surface area (Å²) in [5.74, 6) is -0.0874. The number of ether oxygens (including phenoxy) is 2. The molecule has 1 aromatic carbocycles. The number of nitrogens with one attached hydrogen (secondary N) is 1. The van der Waals surface area contributed by atoms with Crippen LogP contribution in [0.5, 0.6) is 11.5 Å². The van der Waals surface area contributed by atoms with Gasteiger partial charge in [-0.3, -0.25) is 0 Å². The van der Waals surface area contributed by atoms with Gasteiger partial charge in [0.25, 0.3) is 0 Å². The zero-order valence-electron chi connectivity index (χ0n) is 10.8. The molecule has 0 heterocycles. The van der Waals surface area contributed by atoms with Crippen LogP contribution in [0, 0.1) is 0 Å². The van der Waals surface area contributed by atoms with Crippen molar-refractivity contribution in [3.63, 3.8) is 0 Å². The molecule has 0 aliphatic carbocycles. The molecule has 114 valence electrons. The van der Waals surface area contributed by atoms with Crippen LogP contribution in [0.15, 0.2) is 18.2 Å². The molecule has 0 spiro atoms. The topological polar surface area (TPSA) is 90.6 Å². The summed E-state index contributed by atoms with van der Waals surface area (Å²) in [6.45, 7) is -2.50. The number of hydrogen-bond acceptors (Lipinski definition) is 5. The Morgan fingerprint density at radius 1 is 1.35 bits per heavy atom. The third-order valence-corrected chi connectivity index (χ3v) is 3.11. The van der Waals surface area contributed by atoms with Crippen molar-refractivity contribution in [3.8, 4) is 11.5 Å². The summed E-state index contributed by atoms with van der Waals surface area (Å²) in [6, 6.07) is 4.55. The van der Waals surface area contributed by atoms with E-state index in [0.717, 1.165) is 0 Å². The highest BCUT2D eigenvalue weighted by atomic mass is 32.2. The Morgan fingerprint density at radius 2 is 2.05 bits per heavy atom. The summed E-state index contributed by atoms with van der Waals surface area (Å²) in [4.78, 5) is 0. The molecule has 0 radical (unpaired) electrons. The van der Waals surface area contributed by atoms with Gasteiger partial charge in [-0.2, -0.15) is 8.78 Å². The second kappa shape index (κ2) is 7.36. The molecule has 6 nitrogen and oxygen atoms in total. The standard InChI is InChI=1S/C11H16F2N2O4S/c1-18-9-3-2-8(6-10(9)19-11(12)13)7-15-4-5-20(14,16)17/h2-3,6,11,15H,4-5,7H2,1H3,(H2,14,16,17). The van der Waals surface area contributed by atoms with Crippen LogP contribution in [-0.4, -0.2) is 34.4 Å². The van der Waals surface area contributed by atoms with E-state index < -0.39 is 16.6 Å². The van der Waals surface area contributed by atoms with Gasteiger partial charge in [0.15, 0.2) is 11.5 Å². The van der Waals surface area contributed by atoms with Crippen molar-refractivity contribution in [2.24, 2.45) is 5.14 Å². The lowest BCUT2D eigenvalue weighted by atomic mass is 10.2. The molecule has 1 rings (SSSR count). The monoisotopic (exact) mass is 310 g/mol. The molecule has 0 atom stereocenters. The second-order valence-electron chi connectivity index (χ2n) is 3.91. The molecule has 0 bridgehead atoms. The Labute approximate surface area is 115 Å². The highest BCUT2D eigenvalue weighted by Gasteiger charge is 2.11. The molecule has 0 fully saturated rings. The normalized spacial score (nSPS) is 11.7. The average Bonchev–Trinajstić information content (AvgIpc) is 2.33. The molecule has 0 saturated carbocycles. The number of halogens is 2. The van der Waals surface area contributed by atoms with E-state index in [0.29, 0.717) is 12.1 Å². The lowest BCUT2D eigenvalue weighted by Gasteiger charge is -2.12. The third kappa shape index (κ3) is 6.13. The Morgan fingerprint density at radius 3 is 2.60 bits per heavy atom. The molecule has 0 aliphatic rings. The Hall–Kier alpha value is -1.45. The summed E-state index contributed by atoms with van der Waals surface area (Å²) < 4.78 is 55.1. The average molecular weight is 310 g/mol. The van der Waals surface area contributed by atoms with Crippen LogP contribution in [0.3, 0.4) is 0 Å². The maximum Gasteiger partial charge on any atom is 0.387 e. The van der Waals surface area contributed by atoms with Crippen molar-refractivity contribution in [2.75, 3.05) is 19.4 Å². The SMILES string of the molecule is COc1ccc(CNCCS(N)(=O)=O)cc1OC(F)F. The van der Waals surface area contributed by atoms with Gasteiger partial charge in [-0.15, -0.1) is 0 Å². The fourth-order valence-corrected chi connectivity index (χ4v) is 1.90. The number of benzene rings is 1. The number of alkyl halides is 2. The molecule has 9 heteroatoms. The fraction of sp³-hybridized carbons (Fsp3) is 0.455. The third-order valence-electron chi connectivity index (χ3n) is 2.34. The lowest BCUT2D eigenvalue weighted by Crippen LogP contribution is -2.26. The van der Waals surface area contributed by atoms with E-state index in [2.05, 4.69) is 10.1 Å². The maximum atomic E-state index is 12.2. The first kappa shape index (κ1) is 16.6. The van der Waals surface area contributed by atoms with Gasteiger partial charge >= 0.3 is 6.61 Å². The van der Waals surface area contributed by atoms with E-state index in [1.54, 1.807) is 6.07 Å². The summed E-state index contributed by atoms with van der Waals surface area (Å²) in [5.41, 5.74) is 0.649. The minimum Gasteiger partial charge on any atom is -0.493 e. The summed E-state index contributed by atoms with van der Waals surface area (Å²) in [5, 5.41) is 7.68. The maximum absolute atomic E-state index is 12.2. The molecule has 0 aliphatic heterocycles. The van der Waals surface area contributed by atoms with E-state index in [-0.39, 0.29) is 23.8 Å². The van der Waals surface area contributed by atoms with E-state index in [1.807, 2.05) is 0 Å². The summed E-state index contributed by atoms with van der Waals surface area (Å²) in [6.07, 6.45) is 0. The molecule has 20 heavy (non-hydrogen) atoms. The predicted molar refractivity (Wildman–Crippen MR) is 69.3 cm³/mol. The Balaban J connectivity index is 2.62. The fourth-order valence-electron chi connectivity index (χ4n) is 1.47. The number of nitrogens with two attached hydrogens (primary N) is 1. The Bertz CT molecular complexity index is 537. The smallest absolute Gasteiger partial charge is 0.387 e. The van der Waals surface area contributed by atoms with Gasteiger partial charge in [0, 0.05) is 13.1 Å². The number of primary sulfonamides is 1. The molecular formula is C11H16F2N2O4S. The molecule has 0 amide bonds. The zero-order valence-corrected chi connectivity index (χ0v) is 11.6. The van der Waals surface area contributed by atoms with Gasteiger partial charge in [0.2, 0.25) is 10.0 Å². The molecule has 0 aromatic heterocycles. The van der Waals surface area contributed by atoms with Crippen LogP contribution in [0.25, 0.3) is 0 Å². The van der Waals surface area contributed by atoms with E-state index >= 15 is 0 Å². The van der Waals surface area contributed by atoms with E-state index in [1.165, 1.54) is 19.2 Å². The first-order chi connectivity index (χ1) is 9.31. The first-order valence-electron chi connectivity index (χ1n) is 5.65. The van der Waals surface area contributed by atoms with Gasteiger partial charge in [0.1, 0.15) is 0 Å². The minimum atomic E-state index is -3.52. The Kier molecular flexibility index (Phi) is 6.11. The zero-order chi connectivity index (χ0) is 15.2. The van der Waals surface area contributed by atoms with Gasteiger partial charge in [0.05, 0.1) is 12.9 Å². The van der Waals surface area contributed by atoms with Crippen LogP contribution >= 0.6 is 0 Å². The van der Waals surface area contributed by atoms with Crippen molar-refractivity contribution < 1.29 is 26.7 Å². The molecule has 3 N–H and O–H groups in total. The number of sulfonamides is 1. The minimum absolute atomic E-state index is 0.0757. The van der Waals surface area contributed by atoms with Crippen LogP contribution in [0.2, 0.25) is 0 Å². The second-order valence-corrected chi connectivity index (χ2v) is 5.64. The van der Waals surface area contributed by atoms with Gasteiger partial charge in [-0.05, 0) is 17.7 Å². The molecular weight excluding hydrogens is 294 g/mol. The van der Waals surface area contributed by atoms with Crippen molar-refractivity contribution in [3.05, 3.63) is 23.8 Å². The van der Waals surface area contributed by atoms with E-state index in [9.17, 15) is 17.2 Å². The summed E-state index contributed by atoms with van der Waals surface area (Å²) >= 11 is 0. The van der Waals surface area contributed by atoms with Gasteiger partial charge in [-0.25, -0.2) is 13.6 Å². The number of rotatable bonds is 8. The number of methoxy groups -OCH3 is 1. The van der Waals surface area contributed by atoms with Crippen LogP contribution in [0.1, 0.15) is 5.56 Å². The molecule has 0 unspecified atom stereocenters. The lowest BCUT2D eigenvalue weighted by molar-refractivity contribution is -0.0512. The van der Waals surface area contributed by atoms with Gasteiger partial charge in [-0.1, -0.05) is 6.07 Å². The summed E-state index contributed by atoms with van der Waals surface area (Å²) in [7, 11) is -2.17. The van der Waals surface area contributed by atoms with Crippen molar-refractivity contribution in [1.82, 2.24) is 5.32 Å². The van der Waals surface area contributed by atoms with Crippen LogP contribution in [0.4, 0.5) is 8.78 Å². The predicted octanol–water partition coefficient (Wildman–Crippen LogP) is 0.675.